The summed E-state index contributed by atoms with van der Waals surface area (Å²) in [4.78, 5) is 31.2. The summed E-state index contributed by atoms with van der Waals surface area (Å²) in [6.07, 6.45) is 3.17. The maximum atomic E-state index is 12.0. The van der Waals surface area contributed by atoms with Gasteiger partial charge in [-0.25, -0.2) is 4.79 Å². The SMILES string of the molecule is Cc1cnc(CNC(=O)c2ccccc2C(=O)O)cn1. The molecule has 0 saturated heterocycles. The number of nitrogens with zero attached hydrogens (tertiary/aromatic N) is 2. The summed E-state index contributed by atoms with van der Waals surface area (Å²) in [6.45, 7) is 2.01. The van der Waals surface area contributed by atoms with E-state index >= 15 is 0 Å². The van der Waals surface area contributed by atoms with Crippen LogP contribution in [0, 0.1) is 6.92 Å². The van der Waals surface area contributed by atoms with Gasteiger partial charge in [-0.15, -0.1) is 0 Å². The number of benzene rings is 1. The molecule has 0 saturated carbocycles. The molecule has 0 bridgehead atoms. The summed E-state index contributed by atoms with van der Waals surface area (Å²) < 4.78 is 0. The second kappa shape index (κ2) is 5.92. The zero-order valence-corrected chi connectivity index (χ0v) is 10.8. The van der Waals surface area contributed by atoms with E-state index in [1.165, 1.54) is 12.1 Å². The lowest BCUT2D eigenvalue weighted by Crippen LogP contribution is -2.25. The third-order valence-corrected chi connectivity index (χ3v) is 2.67. The molecule has 2 N–H and O–H groups in total. The predicted molar refractivity (Wildman–Crippen MR) is 71.3 cm³/mol. The maximum Gasteiger partial charge on any atom is 0.336 e. The van der Waals surface area contributed by atoms with Gasteiger partial charge in [-0.3, -0.25) is 14.8 Å². The van der Waals surface area contributed by atoms with Gasteiger partial charge in [0.05, 0.1) is 35.3 Å². The standard InChI is InChI=1S/C14H13N3O3/c1-9-6-16-10(7-15-9)8-17-13(18)11-4-2-3-5-12(11)14(19)20/h2-7H,8H2,1H3,(H,17,18)(H,19,20). The van der Waals surface area contributed by atoms with E-state index in [1.807, 2.05) is 6.92 Å². The molecule has 1 amide bonds. The molecule has 0 aliphatic carbocycles. The lowest BCUT2D eigenvalue weighted by atomic mass is 10.1. The Bertz CT molecular complexity index is 638. The first-order chi connectivity index (χ1) is 9.58. The quantitative estimate of drug-likeness (QED) is 0.877. The number of aromatic nitrogens is 2. The van der Waals surface area contributed by atoms with Crippen molar-refractivity contribution in [2.75, 3.05) is 0 Å². The normalized spacial score (nSPS) is 10.1. The lowest BCUT2D eigenvalue weighted by molar-refractivity contribution is 0.0691. The molecule has 0 fully saturated rings. The first-order valence-corrected chi connectivity index (χ1v) is 5.96. The van der Waals surface area contributed by atoms with Crippen molar-refractivity contribution in [2.24, 2.45) is 0 Å². The van der Waals surface area contributed by atoms with E-state index in [9.17, 15) is 9.59 Å². The van der Waals surface area contributed by atoms with Crippen molar-refractivity contribution in [3.63, 3.8) is 0 Å². The summed E-state index contributed by atoms with van der Waals surface area (Å²) in [5, 5.41) is 11.7. The van der Waals surface area contributed by atoms with Gasteiger partial charge in [0.1, 0.15) is 0 Å². The van der Waals surface area contributed by atoms with Crippen LogP contribution < -0.4 is 5.32 Å². The van der Waals surface area contributed by atoms with Crippen LogP contribution in [0.2, 0.25) is 0 Å². The number of carboxylic acids is 1. The van der Waals surface area contributed by atoms with Gasteiger partial charge in [0.2, 0.25) is 0 Å². The molecule has 0 spiro atoms. The van der Waals surface area contributed by atoms with Crippen LogP contribution in [0.15, 0.2) is 36.7 Å². The number of carbonyl (C=O) groups is 2. The Kier molecular flexibility index (Phi) is 4.05. The molecule has 6 heteroatoms. The number of aryl methyl sites for hydroxylation is 1. The van der Waals surface area contributed by atoms with Crippen LogP contribution >= 0.6 is 0 Å². The predicted octanol–water partition coefficient (Wildman–Crippen LogP) is 1.41. The van der Waals surface area contributed by atoms with Gasteiger partial charge in [0.25, 0.3) is 5.91 Å². The molecule has 1 aromatic heterocycles. The Labute approximate surface area is 115 Å². The molecule has 2 aromatic rings. The molecule has 1 aromatic carbocycles. The summed E-state index contributed by atoms with van der Waals surface area (Å²) in [5.74, 6) is -1.59. The van der Waals surface area contributed by atoms with Gasteiger partial charge in [-0.2, -0.15) is 0 Å². The van der Waals surface area contributed by atoms with E-state index in [1.54, 1.807) is 24.5 Å². The summed E-state index contributed by atoms with van der Waals surface area (Å²) in [6, 6.07) is 6.06. The molecule has 6 nitrogen and oxygen atoms in total. The van der Waals surface area contributed by atoms with Gasteiger partial charge in [0, 0.05) is 6.20 Å². The minimum atomic E-state index is -1.13. The monoisotopic (exact) mass is 271 g/mol. The average Bonchev–Trinajstić information content (AvgIpc) is 2.46. The Balaban J connectivity index is 2.09. The Morgan fingerprint density at radius 3 is 2.45 bits per heavy atom. The number of hydrogen-bond donors (Lipinski definition) is 2. The molecule has 0 unspecified atom stereocenters. The molecule has 20 heavy (non-hydrogen) atoms. The molecule has 0 atom stereocenters. The number of carbonyl (C=O) groups excluding carboxylic acids is 1. The van der Waals surface area contributed by atoms with Gasteiger partial charge >= 0.3 is 5.97 Å². The van der Waals surface area contributed by atoms with Crippen LogP contribution in [-0.2, 0) is 6.54 Å². The van der Waals surface area contributed by atoms with E-state index in [-0.39, 0.29) is 17.7 Å². The fourth-order valence-electron chi connectivity index (χ4n) is 1.64. The third kappa shape index (κ3) is 3.17. The Morgan fingerprint density at radius 2 is 1.85 bits per heavy atom. The zero-order chi connectivity index (χ0) is 14.5. The molecule has 0 aliphatic rings. The number of nitrogens with one attached hydrogen (secondary N) is 1. The lowest BCUT2D eigenvalue weighted by Gasteiger charge is -2.07. The number of amides is 1. The van der Waals surface area contributed by atoms with Crippen molar-refractivity contribution in [3.05, 3.63) is 59.2 Å². The van der Waals surface area contributed by atoms with Crippen LogP contribution in [0.25, 0.3) is 0 Å². The topological polar surface area (TPSA) is 92.2 Å². The second-order valence-electron chi connectivity index (χ2n) is 4.18. The van der Waals surface area contributed by atoms with E-state index < -0.39 is 11.9 Å². The van der Waals surface area contributed by atoms with Gasteiger partial charge < -0.3 is 10.4 Å². The molecular formula is C14H13N3O3. The smallest absolute Gasteiger partial charge is 0.336 e. The zero-order valence-electron chi connectivity index (χ0n) is 10.8. The molecular weight excluding hydrogens is 258 g/mol. The van der Waals surface area contributed by atoms with Gasteiger partial charge in [-0.1, -0.05) is 12.1 Å². The van der Waals surface area contributed by atoms with Crippen molar-refractivity contribution < 1.29 is 14.7 Å². The number of carboxylic acid groups (broad SMARTS) is 1. The summed E-state index contributed by atoms with van der Waals surface area (Å²) >= 11 is 0. The van der Waals surface area contributed by atoms with E-state index in [2.05, 4.69) is 15.3 Å². The molecule has 0 aliphatic heterocycles. The fraction of sp³-hybridized carbons (Fsp3) is 0.143. The first-order valence-electron chi connectivity index (χ1n) is 5.96. The highest BCUT2D eigenvalue weighted by Crippen LogP contribution is 2.08. The van der Waals surface area contributed by atoms with Crippen LogP contribution in [0.5, 0.6) is 0 Å². The second-order valence-corrected chi connectivity index (χ2v) is 4.18. The van der Waals surface area contributed by atoms with E-state index in [0.717, 1.165) is 5.69 Å². The van der Waals surface area contributed by atoms with Crippen LogP contribution in [0.4, 0.5) is 0 Å². The van der Waals surface area contributed by atoms with Crippen molar-refractivity contribution in [3.8, 4) is 0 Å². The Morgan fingerprint density at radius 1 is 1.15 bits per heavy atom. The Hall–Kier alpha value is -2.76. The van der Waals surface area contributed by atoms with Crippen molar-refractivity contribution >= 4 is 11.9 Å². The highest BCUT2D eigenvalue weighted by Gasteiger charge is 2.15. The van der Waals surface area contributed by atoms with E-state index in [0.29, 0.717) is 5.69 Å². The van der Waals surface area contributed by atoms with Crippen molar-refractivity contribution in [1.29, 1.82) is 0 Å². The molecule has 0 radical (unpaired) electrons. The molecule has 102 valence electrons. The average molecular weight is 271 g/mol. The minimum Gasteiger partial charge on any atom is -0.478 e. The van der Waals surface area contributed by atoms with Crippen LogP contribution in [-0.4, -0.2) is 27.0 Å². The highest BCUT2D eigenvalue weighted by molar-refractivity contribution is 6.04. The van der Waals surface area contributed by atoms with Crippen molar-refractivity contribution in [1.82, 2.24) is 15.3 Å². The van der Waals surface area contributed by atoms with E-state index in [4.69, 9.17) is 5.11 Å². The number of hydrogen-bond acceptors (Lipinski definition) is 4. The minimum absolute atomic E-state index is 0.0278. The molecule has 2 rings (SSSR count). The number of aromatic carboxylic acids is 1. The first kappa shape index (κ1) is 13.7. The number of rotatable bonds is 4. The van der Waals surface area contributed by atoms with Gasteiger partial charge in [0.15, 0.2) is 0 Å². The van der Waals surface area contributed by atoms with Crippen molar-refractivity contribution in [2.45, 2.75) is 13.5 Å². The maximum absolute atomic E-state index is 12.0. The summed E-state index contributed by atoms with van der Waals surface area (Å²) in [5.41, 5.74) is 1.49. The van der Waals surface area contributed by atoms with Crippen LogP contribution in [0.1, 0.15) is 32.1 Å². The van der Waals surface area contributed by atoms with Gasteiger partial charge in [-0.05, 0) is 19.1 Å². The summed E-state index contributed by atoms with van der Waals surface area (Å²) in [7, 11) is 0. The highest BCUT2D eigenvalue weighted by atomic mass is 16.4. The fourth-order valence-corrected chi connectivity index (χ4v) is 1.64. The third-order valence-electron chi connectivity index (χ3n) is 2.67. The van der Waals surface area contributed by atoms with Crippen LogP contribution in [0.3, 0.4) is 0 Å². The largest absolute Gasteiger partial charge is 0.478 e. The molecule has 1 heterocycles.